The summed E-state index contributed by atoms with van der Waals surface area (Å²) in [4.78, 5) is 13.0. The molecule has 0 fully saturated rings. The summed E-state index contributed by atoms with van der Waals surface area (Å²) in [5.41, 5.74) is 0.724. The maximum atomic E-state index is 13.0. The summed E-state index contributed by atoms with van der Waals surface area (Å²) in [5.74, 6) is 1.43. The molecule has 3 aromatic rings. The molecule has 0 aliphatic carbocycles. The summed E-state index contributed by atoms with van der Waals surface area (Å²) < 4.78 is 26.6. The fourth-order valence-electron chi connectivity index (χ4n) is 2.73. The number of benzene rings is 2. The molecule has 3 rings (SSSR count). The van der Waals surface area contributed by atoms with Gasteiger partial charge in [-0.25, -0.2) is 0 Å². The van der Waals surface area contributed by atoms with Crippen molar-refractivity contribution in [2.45, 2.75) is 0 Å². The summed E-state index contributed by atoms with van der Waals surface area (Å²) in [6.45, 7) is 0. The first-order valence-corrected chi connectivity index (χ1v) is 7.67. The van der Waals surface area contributed by atoms with E-state index < -0.39 is 0 Å². The topological polar surface area (TPSA) is 87.4 Å². The van der Waals surface area contributed by atoms with Crippen LogP contribution >= 0.6 is 0 Å². The van der Waals surface area contributed by atoms with E-state index in [-0.39, 0.29) is 33.5 Å². The molecule has 7 nitrogen and oxygen atoms in total. The second kappa shape index (κ2) is 6.87. The first-order valence-electron chi connectivity index (χ1n) is 7.67. The Morgan fingerprint density at radius 1 is 0.769 bits per heavy atom. The summed E-state index contributed by atoms with van der Waals surface area (Å²) in [7, 11) is 5.92. The van der Waals surface area contributed by atoms with Crippen molar-refractivity contribution in [1.82, 2.24) is 0 Å². The molecule has 0 amide bonds. The van der Waals surface area contributed by atoms with E-state index >= 15 is 0 Å². The molecule has 0 aliphatic heterocycles. The number of phenols is 1. The quantitative estimate of drug-likeness (QED) is 0.749. The summed E-state index contributed by atoms with van der Waals surface area (Å²) in [5, 5.41) is 10.1. The maximum Gasteiger partial charge on any atom is 0.200 e. The van der Waals surface area contributed by atoms with Crippen LogP contribution in [0.15, 0.2) is 39.7 Å². The monoisotopic (exact) mass is 358 g/mol. The molecule has 1 N–H and O–H groups in total. The normalized spacial score (nSPS) is 10.6. The van der Waals surface area contributed by atoms with Gasteiger partial charge in [-0.15, -0.1) is 0 Å². The van der Waals surface area contributed by atoms with Gasteiger partial charge in [-0.1, -0.05) is 0 Å². The average molecular weight is 358 g/mol. The zero-order valence-electron chi connectivity index (χ0n) is 14.8. The maximum absolute atomic E-state index is 13.0. The number of methoxy groups -OCH3 is 4. The van der Waals surface area contributed by atoms with Gasteiger partial charge in [0, 0.05) is 17.7 Å². The minimum atomic E-state index is -0.296. The van der Waals surface area contributed by atoms with Crippen LogP contribution in [0.4, 0.5) is 0 Å². The van der Waals surface area contributed by atoms with Gasteiger partial charge in [0.05, 0.1) is 39.4 Å². The van der Waals surface area contributed by atoms with Crippen molar-refractivity contribution in [3.8, 4) is 39.9 Å². The molecule has 0 spiro atoms. The predicted octanol–water partition coefficient (Wildman–Crippen LogP) is 3.20. The highest BCUT2D eigenvalue weighted by Gasteiger charge is 2.19. The van der Waals surface area contributed by atoms with Crippen molar-refractivity contribution in [2.24, 2.45) is 0 Å². The van der Waals surface area contributed by atoms with E-state index in [1.807, 2.05) is 0 Å². The van der Waals surface area contributed by atoms with Crippen LogP contribution in [-0.4, -0.2) is 33.5 Å². The van der Waals surface area contributed by atoms with E-state index in [4.69, 9.17) is 23.4 Å². The molecule has 0 saturated heterocycles. The lowest BCUT2D eigenvalue weighted by Gasteiger charge is -2.14. The van der Waals surface area contributed by atoms with Gasteiger partial charge < -0.3 is 28.5 Å². The number of aromatic hydroxyl groups is 1. The van der Waals surface area contributed by atoms with E-state index in [0.717, 1.165) is 0 Å². The van der Waals surface area contributed by atoms with Crippen molar-refractivity contribution < 1.29 is 28.5 Å². The van der Waals surface area contributed by atoms with E-state index in [2.05, 4.69) is 0 Å². The lowest BCUT2D eigenvalue weighted by atomic mass is 10.0. The Kier molecular flexibility index (Phi) is 4.62. The van der Waals surface area contributed by atoms with Crippen LogP contribution in [0.1, 0.15) is 0 Å². The average Bonchev–Trinajstić information content (AvgIpc) is 2.67. The Labute approximate surface area is 149 Å². The van der Waals surface area contributed by atoms with Gasteiger partial charge in [-0.2, -0.15) is 0 Å². The molecule has 0 radical (unpaired) electrons. The van der Waals surface area contributed by atoms with Crippen LogP contribution < -0.4 is 24.4 Å². The zero-order chi connectivity index (χ0) is 18.8. The number of rotatable bonds is 5. The van der Waals surface area contributed by atoms with Gasteiger partial charge in [-0.05, 0) is 12.1 Å². The summed E-state index contributed by atoms with van der Waals surface area (Å²) in [6, 6.07) is 6.06. The molecule has 1 heterocycles. The predicted molar refractivity (Wildman–Crippen MR) is 95.8 cm³/mol. The molecular weight excluding hydrogens is 340 g/mol. The van der Waals surface area contributed by atoms with E-state index in [0.29, 0.717) is 22.8 Å². The number of ether oxygens (including phenoxy) is 4. The highest BCUT2D eigenvalue weighted by atomic mass is 16.5. The standard InChI is InChI=1S/C19H18O7/c1-22-14-8-18(25-4)17(24-3)5-10(14)12-9-26-15-7-13(20)16(23-2)6-11(15)19(12)21/h5-9,20H,1-4H3. The van der Waals surface area contributed by atoms with Crippen LogP contribution in [0.5, 0.6) is 28.7 Å². The van der Waals surface area contributed by atoms with Gasteiger partial charge in [0.1, 0.15) is 17.6 Å². The minimum absolute atomic E-state index is 0.111. The Morgan fingerprint density at radius 2 is 1.38 bits per heavy atom. The largest absolute Gasteiger partial charge is 0.504 e. The second-order valence-corrected chi connectivity index (χ2v) is 5.41. The molecule has 0 bridgehead atoms. The third-order valence-electron chi connectivity index (χ3n) is 4.07. The van der Waals surface area contributed by atoms with Crippen LogP contribution in [0.2, 0.25) is 0 Å². The molecule has 136 valence electrons. The molecule has 0 saturated carbocycles. The first-order chi connectivity index (χ1) is 12.5. The number of phenolic OH excluding ortho intramolecular Hbond substituents is 1. The van der Waals surface area contributed by atoms with E-state index in [1.54, 1.807) is 12.1 Å². The highest BCUT2D eigenvalue weighted by Crippen LogP contribution is 2.40. The molecule has 26 heavy (non-hydrogen) atoms. The smallest absolute Gasteiger partial charge is 0.200 e. The van der Waals surface area contributed by atoms with E-state index in [9.17, 15) is 9.90 Å². The molecule has 2 aromatic carbocycles. The summed E-state index contributed by atoms with van der Waals surface area (Å²) >= 11 is 0. The first kappa shape index (κ1) is 17.5. The fraction of sp³-hybridized carbons (Fsp3) is 0.211. The Balaban J connectivity index is 2.30. The number of hydrogen-bond donors (Lipinski definition) is 1. The van der Waals surface area contributed by atoms with Gasteiger partial charge in [0.2, 0.25) is 5.43 Å². The van der Waals surface area contributed by atoms with Crippen molar-refractivity contribution in [3.63, 3.8) is 0 Å². The molecular formula is C19H18O7. The lowest BCUT2D eigenvalue weighted by Crippen LogP contribution is -2.06. The van der Waals surface area contributed by atoms with Crippen LogP contribution in [0, 0.1) is 0 Å². The summed E-state index contributed by atoms with van der Waals surface area (Å²) in [6.07, 6.45) is 1.32. The lowest BCUT2D eigenvalue weighted by molar-refractivity contribution is 0.349. The van der Waals surface area contributed by atoms with Crippen molar-refractivity contribution in [2.75, 3.05) is 28.4 Å². The van der Waals surface area contributed by atoms with Gasteiger partial charge >= 0.3 is 0 Å². The third-order valence-corrected chi connectivity index (χ3v) is 4.07. The van der Waals surface area contributed by atoms with Crippen LogP contribution in [-0.2, 0) is 0 Å². The van der Waals surface area contributed by atoms with Gasteiger partial charge in [0.25, 0.3) is 0 Å². The molecule has 7 heteroatoms. The second-order valence-electron chi connectivity index (χ2n) is 5.41. The van der Waals surface area contributed by atoms with Crippen LogP contribution in [0.3, 0.4) is 0 Å². The van der Waals surface area contributed by atoms with Gasteiger partial charge in [-0.3, -0.25) is 4.79 Å². The zero-order valence-corrected chi connectivity index (χ0v) is 14.8. The van der Waals surface area contributed by atoms with Crippen molar-refractivity contribution in [1.29, 1.82) is 0 Å². The Hall–Kier alpha value is -3.35. The Morgan fingerprint density at radius 3 is 2.00 bits per heavy atom. The third kappa shape index (κ3) is 2.77. The van der Waals surface area contributed by atoms with Gasteiger partial charge in [0.15, 0.2) is 23.0 Å². The van der Waals surface area contributed by atoms with Crippen LogP contribution in [0.25, 0.3) is 22.1 Å². The molecule has 0 unspecified atom stereocenters. The molecule has 1 aromatic heterocycles. The number of fused-ring (bicyclic) bond motifs is 1. The fourth-order valence-corrected chi connectivity index (χ4v) is 2.73. The molecule has 0 aliphatic rings. The van der Waals surface area contributed by atoms with E-state index in [1.165, 1.54) is 46.8 Å². The number of hydrogen-bond acceptors (Lipinski definition) is 7. The SMILES string of the molecule is COc1cc2c(=O)c(-c3cc(OC)c(OC)cc3OC)coc2cc1O. The molecule has 0 atom stereocenters. The minimum Gasteiger partial charge on any atom is -0.504 e. The van der Waals surface area contributed by atoms with Crippen molar-refractivity contribution >= 4 is 11.0 Å². The highest BCUT2D eigenvalue weighted by molar-refractivity contribution is 5.86. The Bertz CT molecular complexity index is 1020. The van der Waals surface area contributed by atoms with Crippen molar-refractivity contribution in [3.05, 3.63) is 40.8 Å².